The summed E-state index contributed by atoms with van der Waals surface area (Å²) in [4.78, 5) is 0. The van der Waals surface area contributed by atoms with Crippen molar-refractivity contribution in [2.24, 2.45) is 17.8 Å². The van der Waals surface area contributed by atoms with Gasteiger partial charge in [0.05, 0.1) is 0 Å². The molecule has 1 fully saturated rings. The van der Waals surface area contributed by atoms with Crippen LogP contribution in [-0.2, 0) is 0 Å². The third kappa shape index (κ3) is 5.91. The Hall–Kier alpha value is -2.48. The average molecular weight is 447 g/mol. The Bertz CT molecular complexity index is 990. The normalized spacial score (nSPS) is 25.4. The van der Waals surface area contributed by atoms with E-state index in [1.165, 1.54) is 50.5 Å². The molecule has 2 heteroatoms. The van der Waals surface area contributed by atoms with Crippen molar-refractivity contribution in [1.29, 1.82) is 0 Å². The van der Waals surface area contributed by atoms with Gasteiger partial charge in [0.25, 0.3) is 0 Å². The van der Waals surface area contributed by atoms with E-state index in [9.17, 15) is 8.78 Å². The van der Waals surface area contributed by atoms with Crippen LogP contribution >= 0.6 is 0 Å². The van der Waals surface area contributed by atoms with E-state index < -0.39 is 11.6 Å². The molecule has 0 radical (unpaired) electrons. The maximum Gasteiger partial charge on any atom is 0.166 e. The van der Waals surface area contributed by atoms with Gasteiger partial charge >= 0.3 is 0 Å². The summed E-state index contributed by atoms with van der Waals surface area (Å²) in [5.74, 6) is 1.06. The zero-order valence-electron chi connectivity index (χ0n) is 19.8. The van der Waals surface area contributed by atoms with Crippen molar-refractivity contribution < 1.29 is 8.78 Å². The molecule has 174 valence electrons. The minimum Gasteiger partial charge on any atom is -0.203 e. The summed E-state index contributed by atoms with van der Waals surface area (Å²) < 4.78 is 28.3. The summed E-state index contributed by atoms with van der Waals surface area (Å²) in [6.45, 7) is 5.42. The Labute approximate surface area is 198 Å². The lowest BCUT2D eigenvalue weighted by atomic mass is 9.77. The van der Waals surface area contributed by atoms with Crippen LogP contribution in [0.4, 0.5) is 8.78 Å². The molecule has 1 saturated carbocycles. The molecule has 33 heavy (non-hydrogen) atoms. The maximum absolute atomic E-state index is 14.3. The smallest absolute Gasteiger partial charge is 0.166 e. The van der Waals surface area contributed by atoms with Gasteiger partial charge in [0.15, 0.2) is 11.6 Å². The summed E-state index contributed by atoms with van der Waals surface area (Å²) in [5.41, 5.74) is 2.72. The molecule has 0 saturated heterocycles. The monoisotopic (exact) mass is 446 g/mol. The van der Waals surface area contributed by atoms with E-state index in [-0.39, 0.29) is 0 Å². The molecule has 0 spiro atoms. The van der Waals surface area contributed by atoms with Crippen LogP contribution in [0.15, 0.2) is 73.4 Å². The van der Waals surface area contributed by atoms with Crippen LogP contribution in [0.5, 0.6) is 0 Å². The topological polar surface area (TPSA) is 0 Å². The molecule has 2 aliphatic rings. The molecular weight excluding hydrogens is 410 g/mol. The fraction of sp³-hybridized carbons (Fsp3) is 0.419. The minimum absolute atomic E-state index is 0.335. The Morgan fingerprint density at radius 1 is 0.848 bits per heavy atom. The first kappa shape index (κ1) is 23.7. The van der Waals surface area contributed by atoms with E-state index in [0.29, 0.717) is 28.9 Å². The molecule has 2 aliphatic carbocycles. The van der Waals surface area contributed by atoms with E-state index >= 15 is 0 Å². The van der Waals surface area contributed by atoms with Gasteiger partial charge in [-0.2, -0.15) is 0 Å². The molecule has 2 aromatic carbocycles. The first-order chi connectivity index (χ1) is 16.0. The Balaban J connectivity index is 1.29. The van der Waals surface area contributed by atoms with Gasteiger partial charge in [-0.3, -0.25) is 0 Å². The molecule has 0 N–H and O–H groups in total. The number of hydrogen-bond acceptors (Lipinski definition) is 0. The molecule has 0 aliphatic heterocycles. The second-order valence-electron chi connectivity index (χ2n) is 9.93. The molecule has 2 atom stereocenters. The quantitative estimate of drug-likeness (QED) is 0.372. The van der Waals surface area contributed by atoms with Crippen molar-refractivity contribution in [1.82, 2.24) is 0 Å². The third-order valence-electron chi connectivity index (χ3n) is 7.61. The fourth-order valence-corrected chi connectivity index (χ4v) is 5.38. The first-order valence-corrected chi connectivity index (χ1v) is 12.6. The molecule has 4 rings (SSSR count). The standard InChI is InChI=1S/C31H36F2/c1-3-4-5-23-7-9-24(10-8-23)11-12-25-13-15-26(16-14-25)27-17-19-28(20-18-27)29-21-6-22(2)30(32)31(29)33/h3,6-7,9,11-12,17-21,23-26H,1,4-5,8,10,13-16H2,2H3/b12-11+. The van der Waals surface area contributed by atoms with Gasteiger partial charge in [-0.15, -0.1) is 6.58 Å². The first-order valence-electron chi connectivity index (χ1n) is 12.6. The lowest BCUT2D eigenvalue weighted by molar-refractivity contribution is 0.374. The fourth-order valence-electron chi connectivity index (χ4n) is 5.38. The van der Waals surface area contributed by atoms with Gasteiger partial charge in [0.2, 0.25) is 0 Å². The highest BCUT2D eigenvalue weighted by Crippen LogP contribution is 2.38. The maximum atomic E-state index is 14.3. The number of rotatable bonds is 7. The largest absolute Gasteiger partial charge is 0.203 e. The van der Waals surface area contributed by atoms with E-state index in [0.717, 1.165) is 17.9 Å². The van der Waals surface area contributed by atoms with Crippen LogP contribution in [0.3, 0.4) is 0 Å². The number of aryl methyl sites for hydroxylation is 1. The molecule has 0 aromatic heterocycles. The van der Waals surface area contributed by atoms with Crippen molar-refractivity contribution >= 4 is 0 Å². The summed E-state index contributed by atoms with van der Waals surface area (Å²) >= 11 is 0. The molecular formula is C31H36F2. The molecule has 2 aromatic rings. The summed E-state index contributed by atoms with van der Waals surface area (Å²) in [5, 5.41) is 0. The predicted molar refractivity (Wildman–Crippen MR) is 135 cm³/mol. The van der Waals surface area contributed by atoms with Crippen molar-refractivity contribution in [2.45, 2.75) is 64.2 Å². The van der Waals surface area contributed by atoms with Crippen LogP contribution < -0.4 is 0 Å². The van der Waals surface area contributed by atoms with E-state index in [2.05, 4.69) is 43.0 Å². The van der Waals surface area contributed by atoms with E-state index in [4.69, 9.17) is 0 Å². The summed E-state index contributed by atoms with van der Waals surface area (Å²) in [6.07, 6.45) is 21.5. The average Bonchev–Trinajstić information content (AvgIpc) is 2.86. The zero-order valence-corrected chi connectivity index (χ0v) is 19.8. The van der Waals surface area contributed by atoms with Crippen molar-refractivity contribution in [2.75, 3.05) is 0 Å². The summed E-state index contributed by atoms with van der Waals surface area (Å²) in [6, 6.07) is 11.4. The molecule has 0 nitrogen and oxygen atoms in total. The number of benzene rings is 2. The molecule has 0 heterocycles. The SMILES string of the molecule is C=CCCC1C=CC(/C=C/C2CCC(c3ccc(-c4ccc(C)c(F)c4F)cc3)CC2)CC1. The second-order valence-corrected chi connectivity index (χ2v) is 9.93. The predicted octanol–water partition coefficient (Wildman–Crippen LogP) is 9.32. The molecule has 0 bridgehead atoms. The van der Waals surface area contributed by atoms with Crippen LogP contribution in [0.25, 0.3) is 11.1 Å². The zero-order chi connectivity index (χ0) is 23.2. The Morgan fingerprint density at radius 2 is 1.61 bits per heavy atom. The van der Waals surface area contributed by atoms with Crippen LogP contribution in [-0.4, -0.2) is 0 Å². The highest BCUT2D eigenvalue weighted by Gasteiger charge is 2.22. The van der Waals surface area contributed by atoms with E-state index in [1.807, 2.05) is 18.2 Å². The van der Waals surface area contributed by atoms with Gasteiger partial charge in [-0.05, 0) is 98.7 Å². The van der Waals surface area contributed by atoms with Gasteiger partial charge in [0, 0.05) is 5.56 Å². The van der Waals surface area contributed by atoms with Gasteiger partial charge < -0.3 is 0 Å². The van der Waals surface area contributed by atoms with Crippen molar-refractivity contribution in [3.8, 4) is 11.1 Å². The summed E-state index contributed by atoms with van der Waals surface area (Å²) in [7, 11) is 0. The second kappa shape index (κ2) is 11.1. The Kier molecular flexibility index (Phi) is 7.96. The minimum atomic E-state index is -0.754. The van der Waals surface area contributed by atoms with Crippen LogP contribution in [0, 0.1) is 36.3 Å². The van der Waals surface area contributed by atoms with Gasteiger partial charge in [-0.25, -0.2) is 8.78 Å². The molecule has 0 amide bonds. The van der Waals surface area contributed by atoms with Crippen LogP contribution in [0.1, 0.15) is 68.4 Å². The number of hydrogen-bond donors (Lipinski definition) is 0. The van der Waals surface area contributed by atoms with Gasteiger partial charge in [0.1, 0.15) is 0 Å². The van der Waals surface area contributed by atoms with Crippen LogP contribution in [0.2, 0.25) is 0 Å². The van der Waals surface area contributed by atoms with Gasteiger partial charge in [-0.1, -0.05) is 66.8 Å². The Morgan fingerprint density at radius 3 is 2.27 bits per heavy atom. The lowest BCUT2D eigenvalue weighted by Crippen LogP contribution is -2.12. The third-order valence-corrected chi connectivity index (χ3v) is 7.61. The lowest BCUT2D eigenvalue weighted by Gasteiger charge is -2.28. The van der Waals surface area contributed by atoms with Crippen molar-refractivity contribution in [3.05, 3.63) is 96.1 Å². The van der Waals surface area contributed by atoms with E-state index in [1.54, 1.807) is 19.1 Å². The number of halogens is 2. The highest BCUT2D eigenvalue weighted by atomic mass is 19.2. The molecule has 2 unspecified atom stereocenters. The number of allylic oxidation sites excluding steroid dienone is 5. The van der Waals surface area contributed by atoms with Crippen molar-refractivity contribution in [3.63, 3.8) is 0 Å². The highest BCUT2D eigenvalue weighted by molar-refractivity contribution is 5.65.